The highest BCUT2D eigenvalue weighted by atomic mass is 16.5. The van der Waals surface area contributed by atoms with Gasteiger partial charge in [0.15, 0.2) is 5.78 Å². The van der Waals surface area contributed by atoms with Gasteiger partial charge in [0.2, 0.25) is 0 Å². The van der Waals surface area contributed by atoms with Crippen molar-refractivity contribution in [3.8, 4) is 0 Å². The molecule has 2 saturated heterocycles. The number of hydrogen-bond acceptors (Lipinski definition) is 4. The molecule has 2 heterocycles. The lowest BCUT2D eigenvalue weighted by Gasteiger charge is -2.43. The van der Waals surface area contributed by atoms with Crippen LogP contribution in [0.3, 0.4) is 0 Å². The lowest BCUT2D eigenvalue weighted by Crippen LogP contribution is -2.50. The van der Waals surface area contributed by atoms with Crippen LogP contribution >= 0.6 is 0 Å². The third kappa shape index (κ3) is 3.08. The second-order valence-electron chi connectivity index (χ2n) is 12.6. The van der Waals surface area contributed by atoms with Crippen molar-refractivity contribution < 1.29 is 14.7 Å². The van der Waals surface area contributed by atoms with Gasteiger partial charge < -0.3 is 9.94 Å². The summed E-state index contributed by atoms with van der Waals surface area (Å²) in [7, 11) is 0. The Balaban J connectivity index is 1.29. The average molecular weight is 440 g/mol. The highest BCUT2D eigenvalue weighted by Gasteiger charge is 2.58. The van der Waals surface area contributed by atoms with Crippen LogP contribution in [0.2, 0.25) is 0 Å². The lowest BCUT2D eigenvalue weighted by atomic mass is 9.61. The fraction of sp³-hybridized carbons (Fsp3) is 0.821. The number of rotatable bonds is 0. The number of nitrogens with zero attached hydrogens (tertiary/aromatic N) is 1. The largest absolute Gasteiger partial charge is 0.369 e. The zero-order valence-corrected chi connectivity index (χ0v) is 20.3. The first-order valence-corrected chi connectivity index (χ1v) is 13.3. The summed E-state index contributed by atoms with van der Waals surface area (Å²) in [4.78, 5) is 12.2. The maximum atomic E-state index is 12.2. The summed E-state index contributed by atoms with van der Waals surface area (Å²) in [6, 6.07) is 0.151. The van der Waals surface area contributed by atoms with Gasteiger partial charge in [0, 0.05) is 18.9 Å². The maximum absolute atomic E-state index is 12.2. The van der Waals surface area contributed by atoms with Gasteiger partial charge in [-0.3, -0.25) is 4.79 Å². The van der Waals surface area contributed by atoms with Crippen LogP contribution in [0.1, 0.15) is 79.1 Å². The minimum absolute atomic E-state index is 0.110. The molecule has 32 heavy (non-hydrogen) atoms. The van der Waals surface area contributed by atoms with Crippen molar-refractivity contribution in [2.24, 2.45) is 41.4 Å². The molecule has 10 atom stereocenters. The van der Waals surface area contributed by atoms with Crippen LogP contribution in [0.4, 0.5) is 0 Å². The van der Waals surface area contributed by atoms with E-state index in [9.17, 15) is 10.0 Å². The van der Waals surface area contributed by atoms with Gasteiger partial charge in [0.1, 0.15) is 0 Å². The molecule has 1 N–H and O–H groups in total. The number of piperidine rings is 1. The van der Waals surface area contributed by atoms with E-state index in [1.165, 1.54) is 24.8 Å². The van der Waals surface area contributed by atoms with Gasteiger partial charge in [0.25, 0.3) is 0 Å². The van der Waals surface area contributed by atoms with Crippen LogP contribution in [0.5, 0.6) is 0 Å². The zero-order valence-electron chi connectivity index (χ0n) is 20.3. The molecular formula is C28H41NO3. The van der Waals surface area contributed by atoms with Crippen LogP contribution < -0.4 is 0 Å². The molecule has 0 aromatic heterocycles. The molecule has 0 amide bonds. The van der Waals surface area contributed by atoms with Gasteiger partial charge in [-0.1, -0.05) is 37.5 Å². The van der Waals surface area contributed by atoms with Crippen molar-refractivity contribution in [2.75, 3.05) is 6.54 Å². The molecule has 6 rings (SSSR count). The van der Waals surface area contributed by atoms with Crippen LogP contribution in [-0.4, -0.2) is 40.3 Å². The summed E-state index contributed by atoms with van der Waals surface area (Å²) in [5.74, 6) is 4.55. The Morgan fingerprint density at radius 2 is 1.97 bits per heavy atom. The lowest BCUT2D eigenvalue weighted by molar-refractivity contribution is -0.178. The minimum Gasteiger partial charge on any atom is -0.369 e. The molecule has 6 aliphatic rings. The van der Waals surface area contributed by atoms with Crippen molar-refractivity contribution in [2.45, 2.75) is 96.8 Å². The van der Waals surface area contributed by atoms with E-state index in [1.807, 2.05) is 6.08 Å². The molecule has 2 aliphatic heterocycles. The Morgan fingerprint density at radius 3 is 2.78 bits per heavy atom. The number of carbonyl (C=O) groups excluding carboxylic acids is 1. The normalized spacial score (nSPS) is 51.1. The number of fused-ring (bicyclic) bond motifs is 6. The highest BCUT2D eigenvalue weighted by molar-refractivity contribution is 5.91. The van der Waals surface area contributed by atoms with Crippen molar-refractivity contribution in [3.63, 3.8) is 0 Å². The fourth-order valence-electron chi connectivity index (χ4n) is 9.44. The number of ketones is 1. The molecular weight excluding hydrogens is 398 g/mol. The van der Waals surface area contributed by atoms with E-state index in [1.54, 1.807) is 16.2 Å². The first-order valence-electron chi connectivity index (χ1n) is 13.3. The number of carbonyl (C=O) groups is 1. The zero-order chi connectivity index (χ0) is 22.4. The Labute approximate surface area is 193 Å². The van der Waals surface area contributed by atoms with Gasteiger partial charge >= 0.3 is 0 Å². The molecule has 0 aromatic carbocycles. The molecule has 0 radical (unpaired) electrons. The van der Waals surface area contributed by atoms with Crippen molar-refractivity contribution in [1.82, 2.24) is 5.06 Å². The van der Waals surface area contributed by atoms with E-state index in [0.29, 0.717) is 35.4 Å². The van der Waals surface area contributed by atoms with Crippen LogP contribution in [-0.2, 0) is 9.53 Å². The molecule has 4 heteroatoms. The van der Waals surface area contributed by atoms with Crippen LogP contribution in [0.25, 0.3) is 0 Å². The third-order valence-corrected chi connectivity index (χ3v) is 10.7. The van der Waals surface area contributed by atoms with E-state index in [2.05, 4.69) is 27.7 Å². The highest BCUT2D eigenvalue weighted by Crippen LogP contribution is 2.61. The Hall–Kier alpha value is -0.970. The molecule has 2 saturated carbocycles. The summed E-state index contributed by atoms with van der Waals surface area (Å²) in [5.41, 5.74) is 4.67. The maximum Gasteiger partial charge on any atom is 0.155 e. The Bertz CT molecular complexity index is 876. The van der Waals surface area contributed by atoms with E-state index in [0.717, 1.165) is 50.5 Å². The molecule has 0 aromatic rings. The van der Waals surface area contributed by atoms with Gasteiger partial charge in [-0.15, -0.1) is 0 Å². The standard InChI is InChI=1S/C28H41NO3/c1-15-9-25-27(29(31)14-15)18(4)28(32-25)8-7-22-21-6-5-19-11-20(30)10-16(2)26(19)24(21)12-23(22)17(3)13-28/h11,15-16,18,21-22,24-27,31H,5-10,12-14H2,1-4H3/t15-,16+,18+,21-,22-,24-,25+,26?,27-,28-/m0/s1. The van der Waals surface area contributed by atoms with Crippen molar-refractivity contribution in [1.29, 1.82) is 0 Å². The predicted octanol–water partition coefficient (Wildman–Crippen LogP) is 5.56. The number of ether oxygens (including phenoxy) is 1. The van der Waals surface area contributed by atoms with Crippen LogP contribution in [0, 0.1) is 41.4 Å². The van der Waals surface area contributed by atoms with Gasteiger partial charge in [-0.05, 0) is 93.5 Å². The summed E-state index contributed by atoms with van der Waals surface area (Å²) in [5, 5.41) is 12.4. The van der Waals surface area contributed by atoms with E-state index in [-0.39, 0.29) is 17.7 Å². The molecule has 176 valence electrons. The Kier molecular flexibility index (Phi) is 5.06. The number of hydroxylamine groups is 2. The van der Waals surface area contributed by atoms with Gasteiger partial charge in [0.05, 0.1) is 17.7 Å². The topological polar surface area (TPSA) is 49.8 Å². The number of hydrogen-bond donors (Lipinski definition) is 1. The molecule has 4 nitrogen and oxygen atoms in total. The predicted molar refractivity (Wildman–Crippen MR) is 124 cm³/mol. The van der Waals surface area contributed by atoms with Gasteiger partial charge in [-0.25, -0.2) is 0 Å². The fourth-order valence-corrected chi connectivity index (χ4v) is 9.44. The molecule has 4 fully saturated rings. The first kappa shape index (κ1) is 21.6. The quantitative estimate of drug-likeness (QED) is 0.502. The smallest absolute Gasteiger partial charge is 0.155 e. The summed E-state index contributed by atoms with van der Waals surface area (Å²) >= 11 is 0. The first-order chi connectivity index (χ1) is 15.3. The second kappa shape index (κ2) is 7.52. The monoisotopic (exact) mass is 439 g/mol. The van der Waals surface area contributed by atoms with Gasteiger partial charge in [-0.2, -0.15) is 5.06 Å². The van der Waals surface area contributed by atoms with E-state index < -0.39 is 0 Å². The van der Waals surface area contributed by atoms with Crippen molar-refractivity contribution in [3.05, 3.63) is 22.8 Å². The van der Waals surface area contributed by atoms with E-state index >= 15 is 0 Å². The third-order valence-electron chi connectivity index (χ3n) is 10.7. The van der Waals surface area contributed by atoms with Crippen LogP contribution in [0.15, 0.2) is 22.8 Å². The summed E-state index contributed by atoms with van der Waals surface area (Å²) < 4.78 is 6.93. The molecule has 1 unspecified atom stereocenters. The molecule has 1 spiro atoms. The number of allylic oxidation sites excluding steroid dienone is 3. The Morgan fingerprint density at radius 1 is 1.16 bits per heavy atom. The minimum atomic E-state index is -0.110. The van der Waals surface area contributed by atoms with Crippen molar-refractivity contribution >= 4 is 5.78 Å². The summed E-state index contributed by atoms with van der Waals surface area (Å²) in [6.07, 6.45) is 11.0. The van der Waals surface area contributed by atoms with E-state index in [4.69, 9.17) is 4.74 Å². The molecule has 0 bridgehead atoms. The second-order valence-corrected chi connectivity index (χ2v) is 12.6. The average Bonchev–Trinajstić information content (AvgIpc) is 3.16. The molecule has 4 aliphatic carbocycles. The SMILES string of the molecule is CC1=C2C[C@@H]3C4C(=CC(=O)C[C@H]4C)CC[C@H]3[C@@H]2CC[C@@]2(C1)O[C@@H]1C[C@H](C)CN(O)[C@H]1[C@H]2C. The summed E-state index contributed by atoms with van der Waals surface area (Å²) in [6.45, 7) is 10.0.